The molecule has 0 radical (unpaired) electrons. The van der Waals surface area contributed by atoms with Crippen molar-refractivity contribution in [3.8, 4) is 22.8 Å². The smallest absolute Gasteiger partial charge is 0.258 e. The van der Waals surface area contributed by atoms with Crippen LogP contribution in [-0.4, -0.2) is 18.5 Å². The summed E-state index contributed by atoms with van der Waals surface area (Å²) in [5, 5.41) is 1.60. The zero-order chi connectivity index (χ0) is 17.4. The van der Waals surface area contributed by atoms with Crippen molar-refractivity contribution in [1.82, 2.24) is 4.57 Å². The summed E-state index contributed by atoms with van der Waals surface area (Å²) in [4.78, 5) is 12.7. The molecule has 5 heteroatoms. The lowest BCUT2D eigenvalue weighted by atomic mass is 10.0. The van der Waals surface area contributed by atoms with Crippen molar-refractivity contribution >= 4 is 16.8 Å². The lowest BCUT2D eigenvalue weighted by molar-refractivity contribution is 0.174. The van der Waals surface area contributed by atoms with Crippen LogP contribution in [0.3, 0.4) is 0 Å². The van der Waals surface area contributed by atoms with E-state index in [0.29, 0.717) is 16.9 Å². The van der Waals surface area contributed by atoms with E-state index < -0.39 is 0 Å². The van der Waals surface area contributed by atoms with Gasteiger partial charge < -0.3 is 18.8 Å². The number of rotatable bonds is 3. The number of hydrogen-bond donors (Lipinski definition) is 0. The number of methoxy groups -OCH3 is 1. The second kappa shape index (κ2) is 6.02. The van der Waals surface area contributed by atoms with E-state index in [-0.39, 0.29) is 12.4 Å². The Kier molecular flexibility index (Phi) is 3.69. The van der Waals surface area contributed by atoms with Crippen LogP contribution >= 0.6 is 0 Å². The highest BCUT2D eigenvalue weighted by molar-refractivity contribution is 5.87. The Balaban J connectivity index is 2.01. The SMILES string of the molecule is CO/C=C/c1cc2c(cc1-c1cc3ccccc3c(=O)n1C)OCO2. The summed E-state index contributed by atoms with van der Waals surface area (Å²) in [5.41, 5.74) is 2.53. The third-order valence-electron chi connectivity index (χ3n) is 4.35. The monoisotopic (exact) mass is 335 g/mol. The maximum atomic E-state index is 12.7. The van der Waals surface area contributed by atoms with Crippen LogP contribution in [-0.2, 0) is 11.8 Å². The van der Waals surface area contributed by atoms with Gasteiger partial charge in [-0.2, -0.15) is 0 Å². The normalized spacial score (nSPS) is 12.9. The number of aromatic nitrogens is 1. The molecule has 0 amide bonds. The molecule has 0 saturated heterocycles. The van der Waals surface area contributed by atoms with Gasteiger partial charge in [-0.25, -0.2) is 0 Å². The zero-order valence-corrected chi connectivity index (χ0v) is 14.0. The van der Waals surface area contributed by atoms with Crippen molar-refractivity contribution in [1.29, 1.82) is 0 Å². The molecule has 0 aliphatic carbocycles. The van der Waals surface area contributed by atoms with Gasteiger partial charge in [0, 0.05) is 18.0 Å². The molecule has 3 aromatic rings. The molecule has 4 rings (SSSR count). The summed E-state index contributed by atoms with van der Waals surface area (Å²) in [6.07, 6.45) is 3.44. The van der Waals surface area contributed by atoms with Crippen LogP contribution in [0.25, 0.3) is 28.1 Å². The van der Waals surface area contributed by atoms with E-state index in [2.05, 4.69) is 0 Å². The van der Waals surface area contributed by atoms with Crippen LogP contribution in [0.4, 0.5) is 0 Å². The van der Waals surface area contributed by atoms with Crippen LogP contribution in [0.1, 0.15) is 5.56 Å². The summed E-state index contributed by atoms with van der Waals surface area (Å²) in [7, 11) is 3.37. The van der Waals surface area contributed by atoms with Gasteiger partial charge in [-0.15, -0.1) is 0 Å². The van der Waals surface area contributed by atoms with Crippen LogP contribution < -0.4 is 15.0 Å². The maximum absolute atomic E-state index is 12.7. The molecule has 0 atom stereocenters. The number of hydrogen-bond acceptors (Lipinski definition) is 4. The van der Waals surface area contributed by atoms with Crippen molar-refractivity contribution < 1.29 is 14.2 Å². The van der Waals surface area contributed by atoms with Gasteiger partial charge in [0.2, 0.25) is 6.79 Å². The first-order valence-electron chi connectivity index (χ1n) is 7.91. The summed E-state index contributed by atoms with van der Waals surface area (Å²) >= 11 is 0. The molecule has 1 aliphatic heterocycles. The second-order valence-corrected chi connectivity index (χ2v) is 5.81. The molecule has 0 spiro atoms. The van der Waals surface area contributed by atoms with Crippen LogP contribution in [0, 0.1) is 0 Å². The third-order valence-corrected chi connectivity index (χ3v) is 4.35. The molecular formula is C20H17NO4. The fraction of sp³-hybridized carbons (Fsp3) is 0.150. The van der Waals surface area contributed by atoms with Crippen molar-refractivity contribution in [2.75, 3.05) is 13.9 Å². The first kappa shape index (κ1) is 15.3. The predicted octanol–water partition coefficient (Wildman–Crippen LogP) is 3.55. The largest absolute Gasteiger partial charge is 0.504 e. The molecule has 1 aliphatic rings. The van der Waals surface area contributed by atoms with Crippen LogP contribution in [0.15, 0.2) is 53.5 Å². The predicted molar refractivity (Wildman–Crippen MR) is 96.8 cm³/mol. The maximum Gasteiger partial charge on any atom is 0.258 e. The summed E-state index contributed by atoms with van der Waals surface area (Å²) in [6, 6.07) is 13.4. The Morgan fingerprint density at radius 2 is 1.88 bits per heavy atom. The van der Waals surface area contributed by atoms with Crippen molar-refractivity contribution in [3.63, 3.8) is 0 Å². The van der Waals surface area contributed by atoms with E-state index in [4.69, 9.17) is 14.2 Å². The minimum Gasteiger partial charge on any atom is -0.504 e. The molecular weight excluding hydrogens is 318 g/mol. The molecule has 0 bridgehead atoms. The van der Waals surface area contributed by atoms with Crippen molar-refractivity contribution in [2.24, 2.45) is 7.05 Å². The van der Waals surface area contributed by atoms with Gasteiger partial charge in [-0.1, -0.05) is 18.2 Å². The Morgan fingerprint density at radius 3 is 2.68 bits per heavy atom. The lowest BCUT2D eigenvalue weighted by Crippen LogP contribution is -2.18. The van der Waals surface area contributed by atoms with Gasteiger partial charge in [0.25, 0.3) is 5.56 Å². The molecule has 1 aromatic heterocycles. The average Bonchev–Trinajstić information content (AvgIpc) is 3.09. The van der Waals surface area contributed by atoms with E-state index in [1.807, 2.05) is 48.5 Å². The number of benzene rings is 2. The molecule has 5 nitrogen and oxygen atoms in total. The van der Waals surface area contributed by atoms with Gasteiger partial charge in [0.05, 0.1) is 19.1 Å². The van der Waals surface area contributed by atoms with Crippen LogP contribution in [0.2, 0.25) is 0 Å². The standard InChI is InChI=1S/C20H17NO4/c1-21-17(9-13-5-3-4-6-15(13)20(21)22)16-11-19-18(24-12-25-19)10-14(16)7-8-23-2/h3-11H,12H2,1-2H3/b8-7+. The molecule has 0 N–H and O–H groups in total. The highest BCUT2D eigenvalue weighted by atomic mass is 16.7. The van der Waals surface area contributed by atoms with Gasteiger partial charge in [-0.05, 0) is 41.3 Å². The molecule has 0 saturated carbocycles. The average molecular weight is 335 g/mol. The van der Waals surface area contributed by atoms with Crippen LogP contribution in [0.5, 0.6) is 11.5 Å². The number of ether oxygens (including phenoxy) is 3. The van der Waals surface area contributed by atoms with Gasteiger partial charge in [-0.3, -0.25) is 4.79 Å². The highest BCUT2D eigenvalue weighted by Gasteiger charge is 2.19. The minimum absolute atomic E-state index is 0.0348. The Labute approximate surface area is 144 Å². The Morgan fingerprint density at radius 1 is 1.12 bits per heavy atom. The highest BCUT2D eigenvalue weighted by Crippen LogP contribution is 2.39. The van der Waals surface area contributed by atoms with E-state index in [1.54, 1.807) is 25.0 Å². The topological polar surface area (TPSA) is 49.7 Å². The molecule has 0 fully saturated rings. The summed E-state index contributed by atoms with van der Waals surface area (Å²) < 4.78 is 17.7. The van der Waals surface area contributed by atoms with E-state index >= 15 is 0 Å². The summed E-state index contributed by atoms with van der Waals surface area (Å²) in [5.74, 6) is 1.36. The van der Waals surface area contributed by atoms with Crippen molar-refractivity contribution in [3.05, 3.63) is 64.6 Å². The number of pyridine rings is 1. The quantitative estimate of drug-likeness (QED) is 0.687. The first-order valence-corrected chi connectivity index (χ1v) is 7.91. The number of fused-ring (bicyclic) bond motifs is 2. The molecule has 126 valence electrons. The number of nitrogens with zero attached hydrogens (tertiary/aromatic N) is 1. The Bertz CT molecular complexity index is 1050. The van der Waals surface area contributed by atoms with E-state index in [1.165, 1.54) is 0 Å². The first-order chi connectivity index (χ1) is 12.2. The zero-order valence-electron chi connectivity index (χ0n) is 14.0. The molecule has 2 aromatic carbocycles. The van der Waals surface area contributed by atoms with Gasteiger partial charge >= 0.3 is 0 Å². The second-order valence-electron chi connectivity index (χ2n) is 5.81. The van der Waals surface area contributed by atoms with Gasteiger partial charge in [0.1, 0.15) is 0 Å². The molecule has 2 heterocycles. The van der Waals surface area contributed by atoms with E-state index in [0.717, 1.165) is 22.2 Å². The third kappa shape index (κ3) is 2.54. The van der Waals surface area contributed by atoms with E-state index in [9.17, 15) is 4.79 Å². The summed E-state index contributed by atoms with van der Waals surface area (Å²) in [6.45, 7) is 0.197. The lowest BCUT2D eigenvalue weighted by Gasteiger charge is -2.14. The Hall–Kier alpha value is -3.21. The van der Waals surface area contributed by atoms with Gasteiger partial charge in [0.15, 0.2) is 11.5 Å². The molecule has 25 heavy (non-hydrogen) atoms. The minimum atomic E-state index is -0.0348. The molecule has 0 unspecified atom stereocenters. The van der Waals surface area contributed by atoms with Crippen molar-refractivity contribution in [2.45, 2.75) is 0 Å². The fourth-order valence-corrected chi connectivity index (χ4v) is 3.07. The fourth-order valence-electron chi connectivity index (χ4n) is 3.07.